The molecule has 1 unspecified atom stereocenters. The molecule has 0 bridgehead atoms. The van der Waals surface area contributed by atoms with Gasteiger partial charge >= 0.3 is 0 Å². The van der Waals surface area contributed by atoms with Crippen LogP contribution < -0.4 is 5.50 Å². The van der Waals surface area contributed by atoms with E-state index >= 15 is 0 Å². The molecule has 0 rings (SSSR count). The summed E-state index contributed by atoms with van der Waals surface area (Å²) in [4.78, 5) is 7.66. The second-order valence-electron chi connectivity index (χ2n) is 0.289. The zero-order valence-corrected chi connectivity index (χ0v) is 3.50. The first-order valence-corrected chi connectivity index (χ1v) is 2.90. The highest BCUT2D eigenvalue weighted by Crippen LogP contribution is 2.22. The van der Waals surface area contributed by atoms with Gasteiger partial charge in [0.25, 0.3) is 0 Å². The lowest BCUT2D eigenvalue weighted by Crippen LogP contribution is -1.71. The van der Waals surface area contributed by atoms with Gasteiger partial charge in [-0.3, -0.25) is 5.50 Å². The van der Waals surface area contributed by atoms with Gasteiger partial charge in [-0.25, -0.2) is 0 Å². The predicted molar refractivity (Wildman–Crippen MR) is 19.2 cm³/mol. The van der Waals surface area contributed by atoms with Gasteiger partial charge in [-0.1, -0.05) is 0 Å². The van der Waals surface area contributed by atoms with Gasteiger partial charge in [-0.05, 0) is 11.2 Å². The normalized spacial score (nSPS) is 15.8. The van der Waals surface area contributed by atoms with Crippen LogP contribution in [0.15, 0.2) is 0 Å². The predicted octanol–water partition coefficient (Wildman–Crippen LogP) is 0.403. The monoisotopic (exact) mass is 99.0 g/mol. The van der Waals surface area contributed by atoms with Crippen LogP contribution in [0.1, 0.15) is 0 Å². The van der Waals surface area contributed by atoms with Crippen LogP contribution in [0.25, 0.3) is 0 Å². The van der Waals surface area contributed by atoms with E-state index in [1.54, 1.807) is 0 Å². The third-order valence-electron chi connectivity index (χ3n) is 0. The number of hydrogen-bond acceptors (Lipinski definition) is 2. The Balaban J connectivity index is 2.32. The Bertz CT molecular complexity index is 12.8. The first-order chi connectivity index (χ1) is 1.73. The van der Waals surface area contributed by atoms with Crippen molar-refractivity contribution in [3.8, 4) is 0 Å². The Morgan fingerprint density at radius 3 is 2.00 bits per heavy atom. The van der Waals surface area contributed by atoms with E-state index in [9.17, 15) is 0 Å². The van der Waals surface area contributed by atoms with E-state index in [0.29, 0.717) is 0 Å². The van der Waals surface area contributed by atoms with Crippen LogP contribution in [0, 0.1) is 0 Å². The lowest BCUT2D eigenvalue weighted by molar-refractivity contribution is 0.641. The molecule has 4 heteroatoms. The zero-order valence-electron chi connectivity index (χ0n) is 1.85. The minimum atomic E-state index is -1.65. The third kappa shape index (κ3) is 17.3. The highest BCUT2D eigenvalue weighted by atomic mass is 35.7. The molecule has 4 heavy (non-hydrogen) atoms. The van der Waals surface area contributed by atoms with Crippen LogP contribution >= 0.6 is 18.9 Å². The van der Waals surface area contributed by atoms with Gasteiger partial charge in [-0.15, -0.1) is 0 Å². The van der Waals surface area contributed by atoms with Crippen molar-refractivity contribution in [1.29, 1.82) is 0 Å². The number of rotatable bonds is 0. The first-order valence-electron chi connectivity index (χ1n) is 0.627. The van der Waals surface area contributed by atoms with E-state index in [2.05, 4.69) is 16.7 Å². The second kappa shape index (κ2) is 1.91. The van der Waals surface area contributed by atoms with Gasteiger partial charge in [0.2, 0.25) is 0 Å². The van der Waals surface area contributed by atoms with Crippen molar-refractivity contribution in [3.05, 3.63) is 0 Å². The molecule has 0 aromatic rings. The van der Waals surface area contributed by atoms with Gasteiger partial charge in [0, 0.05) is 0 Å². The Morgan fingerprint density at radius 1 is 2.00 bits per heavy atom. The molecule has 0 radical (unpaired) electrons. The average Bonchev–Trinajstić information content (AvgIpc) is 0.811. The SMILES string of the molecule is NP(O)Cl. The molecule has 0 aliphatic heterocycles. The quantitative estimate of drug-likeness (QED) is 0.432. The summed E-state index contributed by atoms with van der Waals surface area (Å²) >= 11 is 4.67. The zero-order chi connectivity index (χ0) is 3.58. The van der Waals surface area contributed by atoms with Crippen molar-refractivity contribution in [2.75, 3.05) is 0 Å². The molecule has 0 aromatic heterocycles. The lowest BCUT2D eigenvalue weighted by Gasteiger charge is -1.76. The van der Waals surface area contributed by atoms with E-state index in [1.165, 1.54) is 0 Å². The highest BCUT2D eigenvalue weighted by Gasteiger charge is 1.74. The molecule has 3 N–H and O–H groups in total. The summed E-state index contributed by atoms with van der Waals surface area (Å²) < 4.78 is 0. The molecule has 0 saturated carbocycles. The van der Waals surface area contributed by atoms with Gasteiger partial charge in [-0.2, -0.15) is 0 Å². The number of hydrogen-bond donors (Lipinski definition) is 2. The fourth-order valence-corrected chi connectivity index (χ4v) is 0. The lowest BCUT2D eigenvalue weighted by atomic mass is 13.9. The summed E-state index contributed by atoms with van der Waals surface area (Å²) in [5.41, 5.74) is 4.50. The Hall–Kier alpha value is 0.640. The molecule has 1 atom stereocenters. The number of halogens is 1. The highest BCUT2D eigenvalue weighted by molar-refractivity contribution is 7.77. The Labute approximate surface area is 30.2 Å². The van der Waals surface area contributed by atoms with Gasteiger partial charge in [0.1, 0.15) is 0 Å². The molecule has 0 aliphatic rings. The van der Waals surface area contributed by atoms with E-state index in [-0.39, 0.29) is 0 Å². The molecule has 2 nitrogen and oxygen atoms in total. The largest absolute Gasteiger partial charge is 0.348 e. The Kier molecular flexibility index (Phi) is 2.22. The molecule has 0 aliphatic carbocycles. The third-order valence-corrected chi connectivity index (χ3v) is 0. The maximum Gasteiger partial charge on any atom is 0.198 e. The molecular formula is H3ClNOP. The van der Waals surface area contributed by atoms with Crippen molar-refractivity contribution in [2.24, 2.45) is 5.50 Å². The minimum absolute atomic E-state index is 1.65. The summed E-state index contributed by atoms with van der Waals surface area (Å²) in [6.07, 6.45) is 0. The molecule has 0 spiro atoms. The summed E-state index contributed by atoms with van der Waals surface area (Å²) in [6, 6.07) is 0. The molecule has 26 valence electrons. The first kappa shape index (κ1) is 4.64. The molecule has 0 fully saturated rings. The molecule has 0 heterocycles. The van der Waals surface area contributed by atoms with Crippen molar-refractivity contribution in [2.45, 2.75) is 0 Å². The van der Waals surface area contributed by atoms with Gasteiger partial charge in [0.15, 0.2) is 7.65 Å². The van der Waals surface area contributed by atoms with Crippen LogP contribution in [0.5, 0.6) is 0 Å². The maximum atomic E-state index is 7.66. The standard InChI is InChI=1S/ClH3NOP/c1-4(2)3/h3H,2H2. The topological polar surface area (TPSA) is 46.2 Å². The van der Waals surface area contributed by atoms with E-state index in [1.807, 2.05) is 0 Å². The van der Waals surface area contributed by atoms with Crippen LogP contribution in [0.3, 0.4) is 0 Å². The van der Waals surface area contributed by atoms with Crippen molar-refractivity contribution in [1.82, 2.24) is 0 Å². The van der Waals surface area contributed by atoms with Crippen molar-refractivity contribution >= 4 is 18.9 Å². The Morgan fingerprint density at radius 2 is 2.00 bits per heavy atom. The second-order valence-corrected chi connectivity index (χ2v) is 1.91. The van der Waals surface area contributed by atoms with Crippen molar-refractivity contribution < 1.29 is 4.89 Å². The van der Waals surface area contributed by atoms with Gasteiger partial charge in [0.05, 0.1) is 0 Å². The molecule has 0 saturated heterocycles. The fraction of sp³-hybridized carbons (Fsp3) is 0. The van der Waals surface area contributed by atoms with E-state index in [4.69, 9.17) is 4.89 Å². The summed E-state index contributed by atoms with van der Waals surface area (Å²) in [7, 11) is -1.65. The summed E-state index contributed by atoms with van der Waals surface area (Å²) in [5.74, 6) is 0. The van der Waals surface area contributed by atoms with Crippen LogP contribution in [0.2, 0.25) is 0 Å². The fourth-order valence-electron chi connectivity index (χ4n) is 0. The van der Waals surface area contributed by atoms with Gasteiger partial charge < -0.3 is 4.89 Å². The number of nitrogens with two attached hydrogens (primary N) is 1. The van der Waals surface area contributed by atoms with Crippen LogP contribution in [-0.2, 0) is 0 Å². The maximum absolute atomic E-state index is 7.66. The summed E-state index contributed by atoms with van der Waals surface area (Å²) in [5, 5.41) is 0. The minimum Gasteiger partial charge on any atom is -0.348 e. The van der Waals surface area contributed by atoms with E-state index < -0.39 is 7.65 Å². The van der Waals surface area contributed by atoms with Crippen LogP contribution in [0.4, 0.5) is 0 Å². The smallest absolute Gasteiger partial charge is 0.198 e. The molecule has 0 aromatic carbocycles. The summed E-state index contributed by atoms with van der Waals surface area (Å²) in [6.45, 7) is 0. The van der Waals surface area contributed by atoms with Crippen LogP contribution in [-0.4, -0.2) is 4.89 Å². The average molecular weight is 99.5 g/mol. The van der Waals surface area contributed by atoms with E-state index in [0.717, 1.165) is 0 Å². The molecular weight excluding hydrogens is 96.4 g/mol. The molecule has 0 amide bonds. The van der Waals surface area contributed by atoms with Crippen molar-refractivity contribution in [3.63, 3.8) is 0 Å².